The molecule has 0 spiro atoms. The monoisotopic (exact) mass is 294 g/mol. The first-order valence-corrected chi connectivity index (χ1v) is 6.44. The van der Waals surface area contributed by atoms with Gasteiger partial charge in [-0.15, -0.1) is 11.6 Å². The maximum absolute atomic E-state index is 12.9. The van der Waals surface area contributed by atoms with E-state index in [0.717, 1.165) is 6.07 Å². The van der Waals surface area contributed by atoms with Gasteiger partial charge < -0.3 is 10.1 Å². The average Bonchev–Trinajstić information content (AvgIpc) is 2.39. The number of ether oxygens (including phenoxy) is 1. The quantitative estimate of drug-likeness (QED) is 0.869. The van der Waals surface area contributed by atoms with Crippen LogP contribution in [0.4, 0.5) is 19.0 Å². The molecule has 1 saturated heterocycles. The zero-order chi connectivity index (χ0) is 13.9. The smallest absolute Gasteiger partial charge is 0.381 e. The van der Waals surface area contributed by atoms with Crippen molar-refractivity contribution >= 4 is 17.4 Å². The molecule has 106 valence electrons. The molecule has 0 atom stereocenters. The lowest BCUT2D eigenvalue weighted by molar-refractivity contribution is -0.137. The number of aromatic nitrogens is 1. The Balaban J connectivity index is 2.27. The lowest BCUT2D eigenvalue weighted by Crippen LogP contribution is -2.46. The van der Waals surface area contributed by atoms with Crippen molar-refractivity contribution in [2.75, 3.05) is 24.4 Å². The van der Waals surface area contributed by atoms with Crippen molar-refractivity contribution in [3.63, 3.8) is 0 Å². The molecule has 1 aliphatic heterocycles. The highest BCUT2D eigenvalue weighted by Crippen LogP contribution is 2.36. The highest BCUT2D eigenvalue weighted by atomic mass is 35.5. The van der Waals surface area contributed by atoms with Crippen LogP contribution in [0.5, 0.6) is 0 Å². The third-order valence-electron chi connectivity index (χ3n) is 3.20. The van der Waals surface area contributed by atoms with Crippen LogP contribution in [0.15, 0.2) is 18.3 Å². The van der Waals surface area contributed by atoms with E-state index in [0.29, 0.717) is 26.1 Å². The van der Waals surface area contributed by atoms with E-state index in [2.05, 4.69) is 10.3 Å². The van der Waals surface area contributed by atoms with E-state index < -0.39 is 17.3 Å². The largest absolute Gasteiger partial charge is 0.419 e. The predicted octanol–water partition coefficient (Wildman–Crippen LogP) is 3.30. The first-order valence-electron chi connectivity index (χ1n) is 5.91. The van der Waals surface area contributed by atoms with Crippen LogP contribution in [0.2, 0.25) is 0 Å². The Morgan fingerprint density at radius 1 is 1.37 bits per heavy atom. The van der Waals surface area contributed by atoms with E-state index in [1.807, 2.05) is 0 Å². The Morgan fingerprint density at radius 2 is 2.05 bits per heavy atom. The first kappa shape index (κ1) is 14.4. The molecule has 0 aromatic carbocycles. The lowest BCUT2D eigenvalue weighted by atomic mass is 9.92. The van der Waals surface area contributed by atoms with E-state index >= 15 is 0 Å². The van der Waals surface area contributed by atoms with Gasteiger partial charge >= 0.3 is 6.18 Å². The molecular weight excluding hydrogens is 281 g/mol. The van der Waals surface area contributed by atoms with Gasteiger partial charge in [0.15, 0.2) is 0 Å². The molecule has 0 bridgehead atoms. The van der Waals surface area contributed by atoms with Gasteiger partial charge in [0, 0.05) is 25.3 Å². The number of nitrogens with zero attached hydrogens (tertiary/aromatic N) is 1. The number of anilines is 1. The molecule has 2 rings (SSSR count). The van der Waals surface area contributed by atoms with E-state index in [9.17, 15) is 13.2 Å². The Kier molecular flexibility index (Phi) is 4.20. The summed E-state index contributed by atoms with van der Waals surface area (Å²) >= 11 is 5.93. The minimum atomic E-state index is -4.44. The van der Waals surface area contributed by atoms with Crippen LogP contribution in [0.25, 0.3) is 0 Å². The first-order chi connectivity index (χ1) is 8.97. The van der Waals surface area contributed by atoms with Gasteiger partial charge in [0.25, 0.3) is 0 Å². The second kappa shape index (κ2) is 5.54. The summed E-state index contributed by atoms with van der Waals surface area (Å²) in [6, 6.07) is 2.28. The number of alkyl halides is 4. The predicted molar refractivity (Wildman–Crippen MR) is 66.4 cm³/mol. The number of pyridine rings is 1. The molecule has 1 aliphatic rings. The second-order valence-corrected chi connectivity index (χ2v) is 4.82. The summed E-state index contributed by atoms with van der Waals surface area (Å²) in [4.78, 5) is 3.80. The normalized spacial score (nSPS) is 19.2. The summed E-state index contributed by atoms with van der Waals surface area (Å²) in [6.07, 6.45) is -1.98. The molecule has 0 unspecified atom stereocenters. The van der Waals surface area contributed by atoms with E-state index in [1.165, 1.54) is 12.3 Å². The van der Waals surface area contributed by atoms with Crippen molar-refractivity contribution in [2.45, 2.75) is 24.6 Å². The molecule has 1 aromatic rings. The van der Waals surface area contributed by atoms with Crippen molar-refractivity contribution in [1.29, 1.82) is 0 Å². The Morgan fingerprint density at radius 3 is 2.63 bits per heavy atom. The van der Waals surface area contributed by atoms with Crippen molar-refractivity contribution in [1.82, 2.24) is 4.98 Å². The van der Waals surface area contributed by atoms with Gasteiger partial charge in [0.05, 0.1) is 11.1 Å². The zero-order valence-electron chi connectivity index (χ0n) is 10.1. The maximum atomic E-state index is 12.9. The highest BCUT2D eigenvalue weighted by Gasteiger charge is 2.38. The minimum absolute atomic E-state index is 0.169. The zero-order valence-corrected chi connectivity index (χ0v) is 10.9. The molecule has 2 heterocycles. The van der Waals surface area contributed by atoms with Crippen LogP contribution >= 0.6 is 11.6 Å². The van der Waals surface area contributed by atoms with Gasteiger partial charge in [0.2, 0.25) is 0 Å². The molecule has 0 radical (unpaired) electrons. The molecular formula is C12H14ClF3N2O. The van der Waals surface area contributed by atoms with Crippen molar-refractivity contribution in [2.24, 2.45) is 0 Å². The third-order valence-corrected chi connectivity index (χ3v) is 3.71. The lowest BCUT2D eigenvalue weighted by Gasteiger charge is -2.37. The van der Waals surface area contributed by atoms with Crippen LogP contribution in [-0.2, 0) is 10.9 Å². The number of nitrogens with one attached hydrogen (secondary N) is 1. The molecule has 0 amide bonds. The van der Waals surface area contributed by atoms with Gasteiger partial charge in [-0.05, 0) is 25.0 Å². The van der Waals surface area contributed by atoms with Gasteiger partial charge in [-0.25, -0.2) is 4.98 Å². The van der Waals surface area contributed by atoms with E-state index in [-0.39, 0.29) is 11.7 Å². The second-order valence-electron chi connectivity index (χ2n) is 4.55. The summed E-state index contributed by atoms with van der Waals surface area (Å²) < 4.78 is 43.9. The molecule has 7 heteroatoms. The molecule has 0 saturated carbocycles. The van der Waals surface area contributed by atoms with Crippen LogP contribution in [-0.4, -0.2) is 29.6 Å². The maximum Gasteiger partial charge on any atom is 0.419 e. The Labute approximate surface area is 114 Å². The van der Waals surface area contributed by atoms with Crippen LogP contribution in [0.1, 0.15) is 18.4 Å². The van der Waals surface area contributed by atoms with Crippen molar-refractivity contribution < 1.29 is 17.9 Å². The highest BCUT2D eigenvalue weighted by molar-refractivity contribution is 6.18. The Hall–Kier alpha value is -1.01. The van der Waals surface area contributed by atoms with Gasteiger partial charge in [-0.1, -0.05) is 0 Å². The number of hydrogen-bond acceptors (Lipinski definition) is 3. The number of hydrogen-bond donors (Lipinski definition) is 1. The van der Waals surface area contributed by atoms with Crippen molar-refractivity contribution in [3.8, 4) is 0 Å². The molecule has 1 fully saturated rings. The van der Waals surface area contributed by atoms with Gasteiger partial charge in [0.1, 0.15) is 5.82 Å². The Bertz CT molecular complexity index is 433. The molecule has 0 aliphatic carbocycles. The fourth-order valence-electron chi connectivity index (χ4n) is 2.04. The van der Waals surface area contributed by atoms with E-state index in [1.54, 1.807) is 0 Å². The topological polar surface area (TPSA) is 34.2 Å². The van der Waals surface area contributed by atoms with Gasteiger partial charge in [-0.3, -0.25) is 0 Å². The number of rotatable bonds is 3. The number of halogens is 4. The van der Waals surface area contributed by atoms with E-state index in [4.69, 9.17) is 16.3 Å². The van der Waals surface area contributed by atoms with Crippen LogP contribution in [0.3, 0.4) is 0 Å². The summed E-state index contributed by atoms with van der Waals surface area (Å²) in [5.74, 6) is 0.0436. The molecule has 3 nitrogen and oxygen atoms in total. The molecule has 1 aromatic heterocycles. The van der Waals surface area contributed by atoms with Crippen LogP contribution in [0, 0.1) is 0 Å². The summed E-state index contributed by atoms with van der Waals surface area (Å²) in [5, 5.41) is 2.88. The van der Waals surface area contributed by atoms with Gasteiger partial charge in [-0.2, -0.15) is 13.2 Å². The SMILES string of the molecule is FC(F)(F)c1cccnc1NC1(CCl)CCOCC1. The van der Waals surface area contributed by atoms with Crippen molar-refractivity contribution in [3.05, 3.63) is 23.9 Å². The molecule has 1 N–H and O–H groups in total. The fourth-order valence-corrected chi connectivity index (χ4v) is 2.37. The average molecular weight is 295 g/mol. The molecule has 19 heavy (non-hydrogen) atoms. The fraction of sp³-hybridized carbons (Fsp3) is 0.583. The third kappa shape index (κ3) is 3.30. The summed E-state index contributed by atoms with van der Waals surface area (Å²) in [5.41, 5.74) is -1.36. The summed E-state index contributed by atoms with van der Waals surface area (Å²) in [7, 11) is 0. The standard InChI is InChI=1S/C12H14ClF3N2O/c13-8-11(3-6-19-7-4-11)18-10-9(12(14,15)16)2-1-5-17-10/h1-2,5H,3-4,6-8H2,(H,17,18). The van der Waals surface area contributed by atoms with Crippen LogP contribution < -0.4 is 5.32 Å². The summed E-state index contributed by atoms with van der Waals surface area (Å²) in [6.45, 7) is 0.960. The minimum Gasteiger partial charge on any atom is -0.381 e.